The molecule has 7 heteroatoms. The quantitative estimate of drug-likeness (QED) is 0.798. The van der Waals surface area contributed by atoms with Gasteiger partial charge in [0.15, 0.2) is 5.82 Å². The average molecular weight is 321 g/mol. The monoisotopic (exact) mass is 321 g/mol. The molecule has 0 bridgehead atoms. The van der Waals surface area contributed by atoms with Gasteiger partial charge in [-0.3, -0.25) is 9.00 Å². The van der Waals surface area contributed by atoms with Crippen molar-refractivity contribution in [3.05, 3.63) is 47.6 Å². The van der Waals surface area contributed by atoms with Crippen LogP contribution in [0.1, 0.15) is 30.6 Å². The first-order valence-corrected chi connectivity index (χ1v) is 8.63. The van der Waals surface area contributed by atoms with Crippen LogP contribution >= 0.6 is 0 Å². The lowest BCUT2D eigenvalue weighted by Gasteiger charge is -2.04. The van der Waals surface area contributed by atoms with Gasteiger partial charge in [-0.1, -0.05) is 42.4 Å². The standard InChI is InChI=1S/C15H19N3O3S/c1-2-6-13-17-15(21-18-13)11-22(20)10-14(19)16-9-12-7-4-3-5-8-12/h3-5,7-8H,2,6,9-11H2,1H3,(H,16,19). The fourth-order valence-electron chi connectivity index (χ4n) is 1.86. The van der Waals surface area contributed by atoms with E-state index in [1.165, 1.54) is 0 Å². The third-order valence-electron chi connectivity index (χ3n) is 2.89. The van der Waals surface area contributed by atoms with Crippen LogP contribution in [0.5, 0.6) is 0 Å². The van der Waals surface area contributed by atoms with Gasteiger partial charge < -0.3 is 9.84 Å². The number of nitrogens with zero attached hydrogens (tertiary/aromatic N) is 2. The predicted octanol–water partition coefficient (Wildman–Crippen LogP) is 1.59. The number of nitrogens with one attached hydrogen (secondary N) is 1. The van der Waals surface area contributed by atoms with Crippen molar-refractivity contribution in [3.8, 4) is 0 Å². The van der Waals surface area contributed by atoms with Crippen LogP contribution in [0.4, 0.5) is 0 Å². The van der Waals surface area contributed by atoms with Crippen molar-refractivity contribution in [2.24, 2.45) is 0 Å². The molecule has 0 radical (unpaired) electrons. The third kappa shape index (κ3) is 5.40. The number of carbonyl (C=O) groups is 1. The summed E-state index contributed by atoms with van der Waals surface area (Å²) in [5.41, 5.74) is 1.00. The molecule has 1 aromatic heterocycles. The smallest absolute Gasteiger partial charge is 0.239 e. The number of rotatable bonds is 8. The lowest BCUT2D eigenvalue weighted by molar-refractivity contribution is -0.118. The van der Waals surface area contributed by atoms with Crippen LogP contribution in [0.15, 0.2) is 34.9 Å². The summed E-state index contributed by atoms with van der Waals surface area (Å²) in [6.07, 6.45) is 1.65. The fourth-order valence-corrected chi connectivity index (χ4v) is 2.75. The van der Waals surface area contributed by atoms with Crippen LogP contribution in [0, 0.1) is 0 Å². The van der Waals surface area contributed by atoms with Gasteiger partial charge in [-0.15, -0.1) is 0 Å². The first-order valence-electron chi connectivity index (χ1n) is 7.14. The highest BCUT2D eigenvalue weighted by atomic mass is 32.2. The van der Waals surface area contributed by atoms with E-state index in [9.17, 15) is 9.00 Å². The molecule has 0 aliphatic carbocycles. The number of hydrogen-bond acceptors (Lipinski definition) is 5. The molecule has 0 aliphatic rings. The molecule has 0 fully saturated rings. The summed E-state index contributed by atoms with van der Waals surface area (Å²) >= 11 is 0. The van der Waals surface area contributed by atoms with Crippen molar-refractivity contribution in [2.75, 3.05) is 5.75 Å². The molecule has 0 saturated carbocycles. The van der Waals surface area contributed by atoms with Crippen LogP contribution in [0.2, 0.25) is 0 Å². The Morgan fingerprint density at radius 3 is 2.82 bits per heavy atom. The topological polar surface area (TPSA) is 85.1 Å². The fraction of sp³-hybridized carbons (Fsp3) is 0.400. The molecule has 118 valence electrons. The van der Waals surface area contributed by atoms with Crippen molar-refractivity contribution in [2.45, 2.75) is 32.1 Å². The van der Waals surface area contributed by atoms with Crippen molar-refractivity contribution in [1.29, 1.82) is 0 Å². The Kier molecular flexibility index (Phi) is 6.27. The summed E-state index contributed by atoms with van der Waals surface area (Å²) in [6.45, 7) is 2.45. The Morgan fingerprint density at radius 2 is 2.09 bits per heavy atom. The highest BCUT2D eigenvalue weighted by molar-refractivity contribution is 7.84. The zero-order valence-electron chi connectivity index (χ0n) is 12.4. The molecule has 1 atom stereocenters. The number of aromatic nitrogens is 2. The largest absolute Gasteiger partial charge is 0.351 e. The second-order valence-corrected chi connectivity index (χ2v) is 6.30. The molecular weight excluding hydrogens is 302 g/mol. The van der Waals surface area contributed by atoms with E-state index in [0.29, 0.717) is 18.3 Å². The molecule has 1 unspecified atom stereocenters. The van der Waals surface area contributed by atoms with E-state index >= 15 is 0 Å². The molecule has 0 spiro atoms. The van der Waals surface area contributed by atoms with Crippen molar-refractivity contribution < 1.29 is 13.5 Å². The van der Waals surface area contributed by atoms with E-state index < -0.39 is 10.8 Å². The minimum atomic E-state index is -1.36. The molecular formula is C15H19N3O3S. The summed E-state index contributed by atoms with van der Waals surface area (Å²) in [7, 11) is -1.36. The van der Waals surface area contributed by atoms with Gasteiger partial charge in [0.2, 0.25) is 11.8 Å². The average Bonchev–Trinajstić information content (AvgIpc) is 2.93. The second-order valence-electron chi connectivity index (χ2n) is 4.85. The first kappa shape index (κ1) is 16.4. The van der Waals surface area contributed by atoms with Gasteiger partial charge in [-0.2, -0.15) is 4.98 Å². The summed E-state index contributed by atoms with van der Waals surface area (Å²) in [5.74, 6) is 0.713. The Morgan fingerprint density at radius 1 is 1.32 bits per heavy atom. The van der Waals surface area contributed by atoms with Crippen molar-refractivity contribution in [1.82, 2.24) is 15.5 Å². The SMILES string of the molecule is CCCc1noc(CS(=O)CC(=O)NCc2ccccc2)n1. The van der Waals surface area contributed by atoms with Gasteiger partial charge in [0.25, 0.3) is 0 Å². The third-order valence-corrected chi connectivity index (χ3v) is 4.05. The summed E-state index contributed by atoms with van der Waals surface area (Å²) in [5, 5.41) is 6.54. The minimum absolute atomic E-state index is 0.0711. The molecule has 1 aromatic carbocycles. The van der Waals surface area contributed by atoms with Gasteiger partial charge in [-0.25, -0.2) is 0 Å². The van der Waals surface area contributed by atoms with Crippen LogP contribution in [-0.2, 0) is 34.3 Å². The van der Waals surface area contributed by atoms with Crippen molar-refractivity contribution in [3.63, 3.8) is 0 Å². The Labute approximate surface area is 131 Å². The lowest BCUT2D eigenvalue weighted by Crippen LogP contribution is -2.28. The number of aryl methyl sites for hydroxylation is 1. The molecule has 1 heterocycles. The van der Waals surface area contributed by atoms with E-state index in [4.69, 9.17) is 4.52 Å². The Hall–Kier alpha value is -2.02. The van der Waals surface area contributed by atoms with Crippen LogP contribution in [-0.4, -0.2) is 26.0 Å². The molecule has 2 aromatic rings. The minimum Gasteiger partial charge on any atom is -0.351 e. The highest BCUT2D eigenvalue weighted by Gasteiger charge is 2.13. The Balaban J connectivity index is 1.75. The van der Waals surface area contributed by atoms with Gasteiger partial charge in [0.05, 0.1) is 0 Å². The van der Waals surface area contributed by atoms with Gasteiger partial charge >= 0.3 is 0 Å². The summed E-state index contributed by atoms with van der Waals surface area (Å²) < 4.78 is 16.9. The van der Waals surface area contributed by atoms with Gasteiger partial charge in [0, 0.05) is 23.8 Å². The van der Waals surface area contributed by atoms with Crippen LogP contribution in [0.25, 0.3) is 0 Å². The number of hydrogen-bond donors (Lipinski definition) is 1. The molecule has 0 saturated heterocycles. The van der Waals surface area contributed by atoms with E-state index in [-0.39, 0.29) is 17.4 Å². The maximum Gasteiger partial charge on any atom is 0.239 e. The normalized spacial score (nSPS) is 12.0. The highest BCUT2D eigenvalue weighted by Crippen LogP contribution is 2.04. The van der Waals surface area contributed by atoms with E-state index in [2.05, 4.69) is 15.5 Å². The summed E-state index contributed by atoms with van der Waals surface area (Å²) in [6, 6.07) is 9.57. The predicted molar refractivity (Wildman–Crippen MR) is 83.3 cm³/mol. The number of benzene rings is 1. The molecule has 0 aliphatic heterocycles. The zero-order valence-corrected chi connectivity index (χ0v) is 13.3. The second kappa shape index (κ2) is 8.43. The van der Waals surface area contributed by atoms with Gasteiger partial charge in [-0.05, 0) is 12.0 Å². The Bertz CT molecular complexity index is 628. The number of amides is 1. The molecule has 22 heavy (non-hydrogen) atoms. The molecule has 6 nitrogen and oxygen atoms in total. The first-order chi connectivity index (χ1) is 10.7. The summed E-state index contributed by atoms with van der Waals surface area (Å²) in [4.78, 5) is 15.9. The van der Waals surface area contributed by atoms with Crippen LogP contribution in [0.3, 0.4) is 0 Å². The van der Waals surface area contributed by atoms with Crippen LogP contribution < -0.4 is 5.32 Å². The molecule has 1 amide bonds. The van der Waals surface area contributed by atoms with E-state index in [1.807, 2.05) is 37.3 Å². The molecule has 1 N–H and O–H groups in total. The maximum absolute atomic E-state index is 11.9. The molecule has 2 rings (SSSR count). The van der Waals surface area contributed by atoms with Crippen molar-refractivity contribution >= 4 is 16.7 Å². The number of carbonyl (C=O) groups excluding carboxylic acids is 1. The van der Waals surface area contributed by atoms with E-state index in [1.54, 1.807) is 0 Å². The maximum atomic E-state index is 11.9. The van der Waals surface area contributed by atoms with Gasteiger partial charge in [0.1, 0.15) is 11.5 Å². The van der Waals surface area contributed by atoms with E-state index in [0.717, 1.165) is 18.4 Å². The zero-order chi connectivity index (χ0) is 15.8. The lowest BCUT2D eigenvalue weighted by atomic mass is 10.2.